The number of nitro benzene ring substituents is 1. The average Bonchev–Trinajstić information content (AvgIpc) is 2.87. The molecule has 7 heteroatoms. The molecule has 108 valence electrons. The molecule has 1 aromatic rings. The number of amides is 1. The van der Waals surface area contributed by atoms with E-state index < -0.39 is 4.92 Å². The summed E-state index contributed by atoms with van der Waals surface area (Å²) in [7, 11) is 0. The molecule has 0 spiro atoms. The number of nitrogens with zero attached hydrogens (tertiary/aromatic N) is 2. The molecule has 0 aromatic heterocycles. The first-order valence-corrected chi connectivity index (χ1v) is 7.17. The van der Waals surface area contributed by atoms with Crippen molar-refractivity contribution in [1.29, 1.82) is 0 Å². The highest BCUT2D eigenvalue weighted by Crippen LogP contribution is 2.30. The van der Waals surface area contributed by atoms with Crippen LogP contribution in [0, 0.1) is 16.0 Å². The van der Waals surface area contributed by atoms with Gasteiger partial charge in [-0.1, -0.05) is 6.07 Å². The minimum atomic E-state index is -0.514. The lowest BCUT2D eigenvalue weighted by atomic mass is 10.1. The minimum Gasteiger partial charge on any atom is -0.396 e. The molecule has 0 radical (unpaired) electrons. The van der Waals surface area contributed by atoms with Gasteiger partial charge in [0.05, 0.1) is 10.5 Å². The van der Waals surface area contributed by atoms with Crippen LogP contribution in [0.5, 0.6) is 0 Å². The molecule has 1 fully saturated rings. The van der Waals surface area contributed by atoms with E-state index in [-0.39, 0.29) is 22.7 Å². The van der Waals surface area contributed by atoms with Crippen molar-refractivity contribution in [3.63, 3.8) is 0 Å². The first-order valence-electron chi connectivity index (χ1n) is 6.37. The summed E-state index contributed by atoms with van der Waals surface area (Å²) in [6, 6.07) is 4.45. The number of nitro groups is 1. The minimum absolute atomic E-state index is 0.109. The summed E-state index contributed by atoms with van der Waals surface area (Å²) in [4.78, 5) is 24.5. The molecule has 1 aromatic carbocycles. The van der Waals surface area contributed by atoms with Crippen molar-refractivity contribution in [2.24, 2.45) is 5.92 Å². The molecule has 1 N–H and O–H groups in total. The van der Waals surface area contributed by atoms with E-state index in [9.17, 15) is 14.9 Å². The molecule has 1 amide bonds. The Kier molecular flexibility index (Phi) is 4.72. The Bertz CT molecular complexity index is 535. The van der Waals surface area contributed by atoms with Crippen LogP contribution in [0.2, 0.25) is 0 Å². The van der Waals surface area contributed by atoms with Gasteiger partial charge in [-0.05, 0) is 40.8 Å². The standard InChI is InChI=1S/C13H15BrN2O4/c14-12-10(2-1-3-11(12)16(19)20)13(18)15-6-4-9(8-15)5-7-17/h1-3,9,17H,4-8H2. The molecule has 1 aliphatic heterocycles. The fourth-order valence-electron chi connectivity index (χ4n) is 2.43. The Balaban J connectivity index is 2.18. The van der Waals surface area contributed by atoms with Crippen molar-refractivity contribution in [3.05, 3.63) is 38.3 Å². The number of carbonyl (C=O) groups is 1. The number of hydrogen-bond donors (Lipinski definition) is 1. The van der Waals surface area contributed by atoms with E-state index in [0.717, 1.165) is 6.42 Å². The third-order valence-corrected chi connectivity index (χ3v) is 4.35. The maximum absolute atomic E-state index is 12.4. The van der Waals surface area contributed by atoms with Crippen LogP contribution in [-0.4, -0.2) is 40.5 Å². The zero-order valence-corrected chi connectivity index (χ0v) is 12.4. The van der Waals surface area contributed by atoms with E-state index >= 15 is 0 Å². The van der Waals surface area contributed by atoms with Gasteiger partial charge in [0.25, 0.3) is 11.6 Å². The first-order chi connectivity index (χ1) is 9.54. The van der Waals surface area contributed by atoms with Crippen molar-refractivity contribution < 1.29 is 14.8 Å². The second-order valence-electron chi connectivity index (χ2n) is 4.81. The van der Waals surface area contributed by atoms with E-state index in [1.165, 1.54) is 12.1 Å². The quantitative estimate of drug-likeness (QED) is 0.671. The number of aliphatic hydroxyl groups excluding tert-OH is 1. The third kappa shape index (κ3) is 2.99. The molecule has 1 saturated heterocycles. The van der Waals surface area contributed by atoms with E-state index in [1.54, 1.807) is 11.0 Å². The second kappa shape index (κ2) is 6.32. The Morgan fingerprint density at radius 1 is 1.55 bits per heavy atom. The van der Waals surface area contributed by atoms with Gasteiger partial charge in [-0.25, -0.2) is 0 Å². The first kappa shape index (κ1) is 14.9. The number of likely N-dealkylation sites (tertiary alicyclic amines) is 1. The number of rotatable bonds is 4. The van der Waals surface area contributed by atoms with Crippen LogP contribution in [0.15, 0.2) is 22.7 Å². The Morgan fingerprint density at radius 3 is 2.95 bits per heavy atom. The molecule has 0 saturated carbocycles. The lowest BCUT2D eigenvalue weighted by molar-refractivity contribution is -0.385. The number of aliphatic hydroxyl groups is 1. The average molecular weight is 343 g/mol. The number of benzene rings is 1. The summed E-state index contributed by atoms with van der Waals surface area (Å²) in [5, 5.41) is 19.8. The van der Waals surface area contributed by atoms with Gasteiger partial charge in [0.15, 0.2) is 0 Å². The number of hydrogen-bond acceptors (Lipinski definition) is 4. The van der Waals surface area contributed by atoms with Gasteiger partial charge in [0.2, 0.25) is 0 Å². The van der Waals surface area contributed by atoms with Crippen LogP contribution in [0.1, 0.15) is 23.2 Å². The molecule has 2 rings (SSSR count). The Hall–Kier alpha value is -1.47. The number of carbonyl (C=O) groups excluding carboxylic acids is 1. The van der Waals surface area contributed by atoms with Gasteiger partial charge in [0, 0.05) is 25.8 Å². The molecule has 1 aliphatic rings. The van der Waals surface area contributed by atoms with Gasteiger partial charge in [0.1, 0.15) is 4.47 Å². The van der Waals surface area contributed by atoms with Crippen LogP contribution in [0.25, 0.3) is 0 Å². The van der Waals surface area contributed by atoms with E-state index in [2.05, 4.69) is 15.9 Å². The zero-order valence-electron chi connectivity index (χ0n) is 10.8. The maximum atomic E-state index is 12.4. The van der Waals surface area contributed by atoms with Crippen molar-refractivity contribution in [2.45, 2.75) is 12.8 Å². The zero-order chi connectivity index (χ0) is 14.7. The topological polar surface area (TPSA) is 83.7 Å². The third-order valence-electron chi connectivity index (χ3n) is 3.52. The smallest absolute Gasteiger partial charge is 0.284 e. The SMILES string of the molecule is O=C(c1cccc([N+](=O)[O-])c1Br)N1CCC(CCO)C1. The summed E-state index contributed by atoms with van der Waals surface area (Å²) in [5.74, 6) is 0.0995. The van der Waals surface area contributed by atoms with Crippen LogP contribution < -0.4 is 0 Å². The summed E-state index contributed by atoms with van der Waals surface area (Å²) in [6.07, 6.45) is 1.54. The van der Waals surface area contributed by atoms with Crippen molar-refractivity contribution in [2.75, 3.05) is 19.7 Å². The van der Waals surface area contributed by atoms with Crippen molar-refractivity contribution >= 4 is 27.5 Å². The van der Waals surface area contributed by atoms with Crippen molar-refractivity contribution in [1.82, 2.24) is 4.90 Å². The molecule has 1 unspecified atom stereocenters. The fourth-order valence-corrected chi connectivity index (χ4v) is 3.01. The molecule has 0 aliphatic carbocycles. The Labute approximate surface area is 124 Å². The summed E-state index contributed by atoms with van der Waals surface area (Å²) < 4.78 is 0.223. The van der Waals surface area contributed by atoms with Gasteiger partial charge in [-0.15, -0.1) is 0 Å². The highest BCUT2D eigenvalue weighted by Gasteiger charge is 2.29. The number of halogens is 1. The van der Waals surface area contributed by atoms with E-state index in [1.807, 2.05) is 0 Å². The summed E-state index contributed by atoms with van der Waals surface area (Å²) >= 11 is 3.15. The molecular formula is C13H15BrN2O4. The van der Waals surface area contributed by atoms with Crippen LogP contribution in [-0.2, 0) is 0 Å². The lowest BCUT2D eigenvalue weighted by Gasteiger charge is -2.17. The molecule has 0 bridgehead atoms. The molecule has 20 heavy (non-hydrogen) atoms. The molecular weight excluding hydrogens is 328 g/mol. The van der Waals surface area contributed by atoms with Crippen LogP contribution in [0.4, 0.5) is 5.69 Å². The van der Waals surface area contributed by atoms with Crippen LogP contribution in [0.3, 0.4) is 0 Å². The highest BCUT2D eigenvalue weighted by molar-refractivity contribution is 9.10. The normalized spacial score (nSPS) is 18.3. The van der Waals surface area contributed by atoms with Gasteiger partial charge in [-0.2, -0.15) is 0 Å². The molecule has 1 heterocycles. The summed E-state index contributed by atoms with van der Waals surface area (Å²) in [6.45, 7) is 1.33. The second-order valence-corrected chi connectivity index (χ2v) is 5.61. The van der Waals surface area contributed by atoms with Crippen molar-refractivity contribution in [3.8, 4) is 0 Å². The van der Waals surface area contributed by atoms with Gasteiger partial charge < -0.3 is 10.0 Å². The molecule has 1 atom stereocenters. The lowest BCUT2D eigenvalue weighted by Crippen LogP contribution is -2.29. The molecule has 6 nitrogen and oxygen atoms in total. The monoisotopic (exact) mass is 342 g/mol. The van der Waals surface area contributed by atoms with Gasteiger partial charge in [-0.3, -0.25) is 14.9 Å². The maximum Gasteiger partial charge on any atom is 0.284 e. The fraction of sp³-hybridized carbons (Fsp3) is 0.462. The Morgan fingerprint density at radius 2 is 2.30 bits per heavy atom. The predicted molar refractivity (Wildman–Crippen MR) is 76.5 cm³/mol. The van der Waals surface area contributed by atoms with Gasteiger partial charge >= 0.3 is 0 Å². The van der Waals surface area contributed by atoms with Crippen LogP contribution >= 0.6 is 15.9 Å². The largest absolute Gasteiger partial charge is 0.396 e. The predicted octanol–water partition coefficient (Wildman–Crippen LogP) is 2.20. The van der Waals surface area contributed by atoms with E-state index in [4.69, 9.17) is 5.11 Å². The van der Waals surface area contributed by atoms with E-state index in [0.29, 0.717) is 31.0 Å². The highest BCUT2D eigenvalue weighted by atomic mass is 79.9. The summed E-state index contributed by atoms with van der Waals surface area (Å²) in [5.41, 5.74) is 0.200.